The summed E-state index contributed by atoms with van der Waals surface area (Å²) in [5.41, 5.74) is 1.50. The van der Waals surface area contributed by atoms with Crippen molar-refractivity contribution in [3.8, 4) is 6.07 Å². The Bertz CT molecular complexity index is 663. The summed E-state index contributed by atoms with van der Waals surface area (Å²) >= 11 is 0. The maximum absolute atomic E-state index is 9.42. The molecule has 0 unspecified atom stereocenters. The first-order valence-corrected chi connectivity index (χ1v) is 6.83. The number of nitriles is 1. The van der Waals surface area contributed by atoms with Crippen LogP contribution in [0.5, 0.6) is 0 Å². The molecular weight excluding hydrogens is 250 g/mol. The molecule has 20 heavy (non-hydrogen) atoms. The Morgan fingerprint density at radius 2 is 2.05 bits per heavy atom. The zero-order valence-corrected chi connectivity index (χ0v) is 11.2. The van der Waals surface area contributed by atoms with E-state index in [4.69, 9.17) is 0 Å². The fraction of sp³-hybridized carbons (Fsp3) is 0.333. The van der Waals surface area contributed by atoms with Crippen molar-refractivity contribution in [3.63, 3.8) is 0 Å². The van der Waals surface area contributed by atoms with Crippen LogP contribution in [0, 0.1) is 11.3 Å². The summed E-state index contributed by atoms with van der Waals surface area (Å²) in [6.45, 7) is 0.896. The maximum Gasteiger partial charge on any atom is 0.174 e. The molecule has 0 saturated carbocycles. The molecule has 100 valence electrons. The molecule has 1 aliphatic rings. The number of nitrogens with zero attached hydrogens (tertiary/aromatic N) is 5. The van der Waals surface area contributed by atoms with Gasteiger partial charge in [0.1, 0.15) is 11.9 Å². The normalized spacial score (nSPS) is 15.2. The van der Waals surface area contributed by atoms with Crippen LogP contribution in [-0.4, -0.2) is 19.7 Å². The van der Waals surface area contributed by atoms with E-state index in [9.17, 15) is 5.26 Å². The Balaban J connectivity index is 2.01. The fourth-order valence-electron chi connectivity index (χ4n) is 2.46. The number of hydrogen-bond donors (Lipinski definition) is 0. The zero-order chi connectivity index (χ0) is 13.8. The average molecular weight is 265 g/mol. The molecular formula is C15H15N5. The third-order valence-electron chi connectivity index (χ3n) is 3.49. The summed E-state index contributed by atoms with van der Waals surface area (Å²) in [5.74, 6) is 1.68. The molecule has 0 spiro atoms. The molecule has 5 heteroatoms. The third kappa shape index (κ3) is 2.45. The first kappa shape index (κ1) is 12.5. The summed E-state index contributed by atoms with van der Waals surface area (Å²) in [6.07, 6.45) is 9.68. The topological polar surface area (TPSA) is 67.4 Å². The summed E-state index contributed by atoms with van der Waals surface area (Å²) < 4.78 is 2.09. The largest absolute Gasteiger partial charge is 0.310 e. The number of allylic oxidation sites excluding steroid dienone is 1. The summed E-state index contributed by atoms with van der Waals surface area (Å²) in [5, 5.41) is 17.9. The van der Waals surface area contributed by atoms with Gasteiger partial charge < -0.3 is 4.57 Å². The number of aryl methyl sites for hydroxylation is 1. The minimum Gasteiger partial charge on any atom is -0.310 e. The lowest BCUT2D eigenvalue weighted by atomic mass is 10.1. The molecule has 0 atom stereocenters. The second kappa shape index (κ2) is 5.66. The van der Waals surface area contributed by atoms with Crippen LogP contribution < -0.4 is 0 Å². The van der Waals surface area contributed by atoms with Gasteiger partial charge in [-0.2, -0.15) is 5.26 Å². The van der Waals surface area contributed by atoms with Gasteiger partial charge in [0.15, 0.2) is 5.82 Å². The molecule has 3 rings (SSSR count). The molecule has 1 aliphatic heterocycles. The van der Waals surface area contributed by atoms with Crippen LogP contribution in [0.25, 0.3) is 11.6 Å². The highest BCUT2D eigenvalue weighted by atomic mass is 15.3. The molecule has 0 fully saturated rings. The number of aromatic nitrogens is 4. The monoisotopic (exact) mass is 265 g/mol. The van der Waals surface area contributed by atoms with Crippen LogP contribution in [0.2, 0.25) is 0 Å². The number of rotatable bonds is 2. The Kier molecular flexibility index (Phi) is 3.55. The SMILES string of the molecule is N#CC(=Cc1ccncc1)c1nnc2n1CCCCC2. The minimum atomic E-state index is 0.553. The first-order chi connectivity index (χ1) is 9.88. The smallest absolute Gasteiger partial charge is 0.174 e. The fourth-order valence-corrected chi connectivity index (χ4v) is 2.46. The van der Waals surface area contributed by atoms with Gasteiger partial charge in [-0.3, -0.25) is 4.98 Å². The van der Waals surface area contributed by atoms with Gasteiger partial charge in [0.05, 0.1) is 5.57 Å². The number of hydrogen-bond acceptors (Lipinski definition) is 4. The van der Waals surface area contributed by atoms with Gasteiger partial charge in [-0.25, -0.2) is 0 Å². The molecule has 3 heterocycles. The number of fused-ring (bicyclic) bond motifs is 1. The van der Waals surface area contributed by atoms with Crippen LogP contribution in [-0.2, 0) is 13.0 Å². The van der Waals surface area contributed by atoms with Crippen molar-refractivity contribution in [2.75, 3.05) is 0 Å². The zero-order valence-electron chi connectivity index (χ0n) is 11.2. The van der Waals surface area contributed by atoms with Crippen LogP contribution in [0.15, 0.2) is 24.5 Å². The van der Waals surface area contributed by atoms with Gasteiger partial charge in [0, 0.05) is 25.4 Å². The first-order valence-electron chi connectivity index (χ1n) is 6.83. The Hall–Kier alpha value is -2.48. The number of pyridine rings is 1. The van der Waals surface area contributed by atoms with Crippen molar-refractivity contribution in [3.05, 3.63) is 41.7 Å². The van der Waals surface area contributed by atoms with Crippen molar-refractivity contribution in [2.45, 2.75) is 32.2 Å². The molecule has 0 radical (unpaired) electrons. The third-order valence-corrected chi connectivity index (χ3v) is 3.49. The van der Waals surface area contributed by atoms with E-state index in [1.54, 1.807) is 12.4 Å². The van der Waals surface area contributed by atoms with Gasteiger partial charge in [-0.1, -0.05) is 6.42 Å². The summed E-state index contributed by atoms with van der Waals surface area (Å²) in [4.78, 5) is 3.98. The van der Waals surface area contributed by atoms with E-state index in [1.165, 1.54) is 6.42 Å². The molecule has 2 aromatic rings. The summed E-state index contributed by atoms with van der Waals surface area (Å²) in [6, 6.07) is 5.98. The van der Waals surface area contributed by atoms with E-state index >= 15 is 0 Å². The second-order valence-corrected chi connectivity index (χ2v) is 4.85. The lowest BCUT2D eigenvalue weighted by molar-refractivity contribution is 0.627. The Morgan fingerprint density at radius 1 is 1.20 bits per heavy atom. The Labute approximate surface area is 117 Å². The van der Waals surface area contributed by atoms with Crippen molar-refractivity contribution in [1.82, 2.24) is 19.7 Å². The van der Waals surface area contributed by atoms with Crippen molar-refractivity contribution >= 4 is 11.6 Å². The Morgan fingerprint density at radius 3 is 2.85 bits per heavy atom. The van der Waals surface area contributed by atoms with E-state index in [1.807, 2.05) is 18.2 Å². The highest BCUT2D eigenvalue weighted by molar-refractivity contribution is 5.87. The molecule has 0 aromatic carbocycles. The van der Waals surface area contributed by atoms with Crippen LogP contribution in [0.1, 0.15) is 36.5 Å². The van der Waals surface area contributed by atoms with E-state index in [-0.39, 0.29) is 0 Å². The van der Waals surface area contributed by atoms with E-state index in [2.05, 4.69) is 25.8 Å². The molecule has 0 amide bonds. The van der Waals surface area contributed by atoms with Crippen LogP contribution >= 0.6 is 0 Å². The lowest BCUT2D eigenvalue weighted by Gasteiger charge is -2.05. The van der Waals surface area contributed by atoms with Crippen LogP contribution in [0.3, 0.4) is 0 Å². The predicted molar refractivity (Wildman–Crippen MR) is 75.3 cm³/mol. The second-order valence-electron chi connectivity index (χ2n) is 4.85. The summed E-state index contributed by atoms with van der Waals surface area (Å²) in [7, 11) is 0. The van der Waals surface area contributed by atoms with Gasteiger partial charge in [-0.15, -0.1) is 10.2 Å². The van der Waals surface area contributed by atoms with Crippen molar-refractivity contribution in [2.24, 2.45) is 0 Å². The van der Waals surface area contributed by atoms with Gasteiger partial charge in [0.2, 0.25) is 0 Å². The van der Waals surface area contributed by atoms with Gasteiger partial charge in [0.25, 0.3) is 0 Å². The standard InChI is InChI=1S/C15H15N5/c16-11-13(10-12-5-7-17-8-6-12)15-19-18-14-4-2-1-3-9-20(14)15/h5-8,10H,1-4,9H2. The minimum absolute atomic E-state index is 0.553. The van der Waals surface area contributed by atoms with E-state index in [0.29, 0.717) is 11.4 Å². The molecule has 0 saturated heterocycles. The predicted octanol–water partition coefficient (Wildman–Crippen LogP) is 2.46. The molecule has 0 aliphatic carbocycles. The highest BCUT2D eigenvalue weighted by Crippen LogP contribution is 2.20. The lowest BCUT2D eigenvalue weighted by Crippen LogP contribution is -2.05. The average Bonchev–Trinajstić information content (AvgIpc) is 2.74. The van der Waals surface area contributed by atoms with Gasteiger partial charge in [-0.05, 0) is 36.6 Å². The molecule has 5 nitrogen and oxygen atoms in total. The molecule has 0 N–H and O–H groups in total. The highest BCUT2D eigenvalue weighted by Gasteiger charge is 2.17. The van der Waals surface area contributed by atoms with E-state index < -0.39 is 0 Å². The maximum atomic E-state index is 9.42. The van der Waals surface area contributed by atoms with Crippen molar-refractivity contribution in [1.29, 1.82) is 5.26 Å². The molecule has 0 bridgehead atoms. The van der Waals surface area contributed by atoms with Crippen molar-refractivity contribution < 1.29 is 0 Å². The quantitative estimate of drug-likeness (QED) is 0.782. The molecule has 2 aromatic heterocycles. The van der Waals surface area contributed by atoms with Crippen LogP contribution in [0.4, 0.5) is 0 Å². The van der Waals surface area contributed by atoms with E-state index in [0.717, 1.165) is 37.2 Å². The van der Waals surface area contributed by atoms with Gasteiger partial charge >= 0.3 is 0 Å².